The van der Waals surface area contributed by atoms with E-state index in [-0.39, 0.29) is 30.4 Å². The summed E-state index contributed by atoms with van der Waals surface area (Å²) >= 11 is 6.20. The number of H-pyrrole nitrogens is 1. The smallest absolute Gasteiger partial charge is 0.347 e. The fraction of sp³-hybridized carbons (Fsp3) is 0.136. The number of carbonyl (C=O) groups excluding carboxylic acids is 2. The van der Waals surface area contributed by atoms with Gasteiger partial charge in [0.15, 0.2) is 11.3 Å². The zero-order chi connectivity index (χ0) is 21.8. The maximum absolute atomic E-state index is 13.0. The fourth-order valence-electron chi connectivity index (χ4n) is 3.01. The number of pyridine rings is 1. The maximum atomic E-state index is 13.0. The molecule has 0 spiro atoms. The van der Waals surface area contributed by atoms with Crippen LogP contribution in [0, 0.1) is 0 Å². The molecule has 2 N–H and O–H groups in total. The Hall–Kier alpha value is -3.62. The Balaban J connectivity index is 1.68. The first-order valence-corrected chi connectivity index (χ1v) is 9.74. The van der Waals surface area contributed by atoms with E-state index in [1.807, 2.05) is 6.07 Å². The van der Waals surface area contributed by atoms with Crippen molar-refractivity contribution in [2.45, 2.75) is 0 Å². The first kappa shape index (κ1) is 20.6. The molecule has 1 aliphatic heterocycles. The molecule has 3 aromatic rings. The minimum Gasteiger partial charge on any atom is -0.459 e. The summed E-state index contributed by atoms with van der Waals surface area (Å²) in [4.78, 5) is 32.9. The number of rotatable bonds is 7. The van der Waals surface area contributed by atoms with Crippen molar-refractivity contribution in [1.29, 1.82) is 0 Å². The number of para-hydroxylation sites is 1. The Morgan fingerprint density at radius 2 is 2.10 bits per heavy atom. The largest absolute Gasteiger partial charge is 0.459 e. The number of halogens is 1. The zero-order valence-electron chi connectivity index (χ0n) is 16.5. The molecule has 1 aromatic carbocycles. The standard InChI is InChI=1S/C22H18ClN3O5/c1-29-9-10-30-22(28)18-19(27)17(11-13-12-25-20-14(13)5-4-8-24-20)31-21(18)26-16-7-3-2-6-15(16)23/h2-8,11-12,26H,9-10H2,1H3,(H,24,25)/b17-11-. The van der Waals surface area contributed by atoms with Gasteiger partial charge in [0.2, 0.25) is 11.7 Å². The number of methoxy groups -OCH3 is 1. The van der Waals surface area contributed by atoms with Crippen molar-refractivity contribution in [3.05, 3.63) is 76.6 Å². The molecular weight excluding hydrogens is 422 g/mol. The number of carbonyl (C=O) groups is 2. The summed E-state index contributed by atoms with van der Waals surface area (Å²) in [6.07, 6.45) is 4.91. The molecule has 0 radical (unpaired) electrons. The highest BCUT2D eigenvalue weighted by Crippen LogP contribution is 2.32. The highest BCUT2D eigenvalue weighted by atomic mass is 35.5. The van der Waals surface area contributed by atoms with Crippen LogP contribution in [0.5, 0.6) is 0 Å². The predicted molar refractivity (Wildman–Crippen MR) is 115 cm³/mol. The second-order valence-electron chi connectivity index (χ2n) is 6.52. The quantitative estimate of drug-likeness (QED) is 0.250. The van der Waals surface area contributed by atoms with Gasteiger partial charge in [-0.05, 0) is 30.3 Å². The minimum absolute atomic E-state index is 0.00134. The van der Waals surface area contributed by atoms with Crippen molar-refractivity contribution in [2.24, 2.45) is 0 Å². The van der Waals surface area contributed by atoms with Gasteiger partial charge in [0, 0.05) is 30.5 Å². The topological polar surface area (TPSA) is 103 Å². The molecule has 9 heteroatoms. The molecule has 0 atom stereocenters. The third kappa shape index (κ3) is 4.30. The van der Waals surface area contributed by atoms with Crippen LogP contribution in [0.1, 0.15) is 5.56 Å². The van der Waals surface area contributed by atoms with Crippen LogP contribution < -0.4 is 5.32 Å². The van der Waals surface area contributed by atoms with Gasteiger partial charge in [0.05, 0.1) is 17.3 Å². The summed E-state index contributed by atoms with van der Waals surface area (Å²) in [6, 6.07) is 10.5. The number of hydrogen-bond donors (Lipinski definition) is 2. The molecule has 0 aliphatic carbocycles. The minimum atomic E-state index is -0.819. The average Bonchev–Trinajstić information content (AvgIpc) is 3.31. The molecule has 4 rings (SSSR count). The van der Waals surface area contributed by atoms with E-state index in [1.54, 1.807) is 48.8 Å². The van der Waals surface area contributed by atoms with Crippen LogP contribution in [0.4, 0.5) is 5.69 Å². The number of Topliss-reactive ketones (excluding diaryl/α,β-unsaturated/α-hetero) is 1. The van der Waals surface area contributed by atoms with Crippen molar-refractivity contribution < 1.29 is 23.8 Å². The monoisotopic (exact) mass is 439 g/mol. The first-order chi connectivity index (χ1) is 15.1. The van der Waals surface area contributed by atoms with Gasteiger partial charge in [-0.15, -0.1) is 0 Å². The molecule has 0 saturated carbocycles. The summed E-state index contributed by atoms with van der Waals surface area (Å²) in [7, 11) is 1.48. The molecule has 1 aliphatic rings. The number of nitrogens with one attached hydrogen (secondary N) is 2. The molecule has 0 unspecified atom stereocenters. The van der Waals surface area contributed by atoms with E-state index in [4.69, 9.17) is 25.8 Å². The van der Waals surface area contributed by atoms with Crippen LogP contribution in [0.3, 0.4) is 0 Å². The van der Waals surface area contributed by atoms with Gasteiger partial charge < -0.3 is 24.5 Å². The number of anilines is 1. The number of allylic oxidation sites excluding steroid dienone is 1. The van der Waals surface area contributed by atoms with E-state index in [0.29, 0.717) is 21.9 Å². The van der Waals surface area contributed by atoms with Crippen molar-refractivity contribution in [1.82, 2.24) is 9.97 Å². The fourth-order valence-corrected chi connectivity index (χ4v) is 3.20. The zero-order valence-corrected chi connectivity index (χ0v) is 17.2. The van der Waals surface area contributed by atoms with Crippen LogP contribution in [0.25, 0.3) is 17.1 Å². The molecular formula is C22H18ClN3O5. The van der Waals surface area contributed by atoms with Crippen molar-refractivity contribution in [3.63, 3.8) is 0 Å². The molecule has 158 valence electrons. The van der Waals surface area contributed by atoms with Gasteiger partial charge in [-0.25, -0.2) is 9.78 Å². The van der Waals surface area contributed by atoms with Crippen LogP contribution >= 0.6 is 11.6 Å². The van der Waals surface area contributed by atoms with Crippen molar-refractivity contribution in [3.8, 4) is 0 Å². The molecule has 0 fully saturated rings. The SMILES string of the molecule is COCCOC(=O)C1=C(Nc2ccccc2Cl)O/C(=C\c2c[nH]c3ncccc23)C1=O. The van der Waals surface area contributed by atoms with Crippen LogP contribution in [-0.4, -0.2) is 42.0 Å². The maximum Gasteiger partial charge on any atom is 0.347 e. The lowest BCUT2D eigenvalue weighted by atomic mass is 10.1. The van der Waals surface area contributed by atoms with Crippen LogP contribution in [0.15, 0.2) is 66.0 Å². The predicted octanol–water partition coefficient (Wildman–Crippen LogP) is 3.67. The molecule has 8 nitrogen and oxygen atoms in total. The normalized spacial score (nSPS) is 14.9. The van der Waals surface area contributed by atoms with E-state index in [2.05, 4.69) is 15.3 Å². The number of aromatic amines is 1. The number of fused-ring (bicyclic) bond motifs is 1. The van der Waals surface area contributed by atoms with Crippen LogP contribution in [0.2, 0.25) is 5.02 Å². The lowest BCUT2D eigenvalue weighted by Crippen LogP contribution is -2.18. The number of esters is 1. The van der Waals surface area contributed by atoms with Gasteiger partial charge in [0.1, 0.15) is 12.3 Å². The Kier molecular flexibility index (Phi) is 6.01. The number of hydrogen-bond acceptors (Lipinski definition) is 7. The molecule has 3 heterocycles. The van der Waals surface area contributed by atoms with Gasteiger partial charge in [-0.3, -0.25) is 4.79 Å². The Morgan fingerprint density at radius 3 is 2.90 bits per heavy atom. The van der Waals surface area contributed by atoms with Gasteiger partial charge in [-0.2, -0.15) is 0 Å². The summed E-state index contributed by atoms with van der Waals surface area (Å²) in [6.45, 7) is 0.199. The van der Waals surface area contributed by atoms with Gasteiger partial charge >= 0.3 is 5.97 Å². The third-order valence-electron chi connectivity index (χ3n) is 4.51. The van der Waals surface area contributed by atoms with E-state index < -0.39 is 11.8 Å². The Bertz CT molecular complexity index is 1210. The average molecular weight is 440 g/mol. The highest BCUT2D eigenvalue weighted by molar-refractivity contribution is 6.33. The summed E-state index contributed by atoms with van der Waals surface area (Å²) in [5, 5.41) is 4.13. The number of aromatic nitrogens is 2. The Morgan fingerprint density at radius 1 is 1.26 bits per heavy atom. The van der Waals surface area contributed by atoms with Gasteiger partial charge in [0.25, 0.3) is 0 Å². The second kappa shape index (κ2) is 9.03. The second-order valence-corrected chi connectivity index (χ2v) is 6.93. The van der Waals surface area contributed by atoms with Crippen molar-refractivity contribution in [2.75, 3.05) is 25.6 Å². The van der Waals surface area contributed by atoms with E-state index >= 15 is 0 Å². The van der Waals surface area contributed by atoms with Crippen molar-refractivity contribution >= 4 is 46.2 Å². The van der Waals surface area contributed by atoms with Crippen LogP contribution in [-0.2, 0) is 23.8 Å². The number of benzene rings is 1. The highest BCUT2D eigenvalue weighted by Gasteiger charge is 2.37. The summed E-state index contributed by atoms with van der Waals surface area (Å²) in [5.41, 5.74) is 1.59. The lowest BCUT2D eigenvalue weighted by Gasteiger charge is -2.10. The summed E-state index contributed by atoms with van der Waals surface area (Å²) in [5.74, 6) is -1.50. The summed E-state index contributed by atoms with van der Waals surface area (Å²) < 4.78 is 15.8. The molecule has 0 amide bonds. The Labute approximate surface area is 182 Å². The molecule has 31 heavy (non-hydrogen) atoms. The first-order valence-electron chi connectivity index (χ1n) is 9.36. The number of nitrogens with zero attached hydrogens (tertiary/aromatic N) is 1. The lowest BCUT2D eigenvalue weighted by molar-refractivity contribution is -0.141. The van der Waals surface area contributed by atoms with E-state index in [9.17, 15) is 9.59 Å². The third-order valence-corrected chi connectivity index (χ3v) is 4.84. The molecule has 0 saturated heterocycles. The van der Waals surface area contributed by atoms with E-state index in [0.717, 1.165) is 5.39 Å². The van der Waals surface area contributed by atoms with Gasteiger partial charge in [-0.1, -0.05) is 23.7 Å². The number of ether oxygens (including phenoxy) is 3. The number of ketones is 1. The molecule has 2 aromatic heterocycles. The van der Waals surface area contributed by atoms with E-state index in [1.165, 1.54) is 7.11 Å². The molecule has 0 bridgehead atoms.